The second-order valence-electron chi connectivity index (χ2n) is 5.56. The van der Waals surface area contributed by atoms with Crippen molar-refractivity contribution in [1.29, 1.82) is 5.26 Å². The van der Waals surface area contributed by atoms with E-state index in [4.69, 9.17) is 0 Å². The van der Waals surface area contributed by atoms with Gasteiger partial charge in [0.2, 0.25) is 0 Å². The molecule has 0 saturated heterocycles. The number of likely N-dealkylation sites (N-methyl/N-ethyl adjacent to an activating group) is 1. The van der Waals surface area contributed by atoms with Crippen molar-refractivity contribution in [1.82, 2.24) is 0 Å². The molecule has 2 nitrogen and oxygen atoms in total. The summed E-state index contributed by atoms with van der Waals surface area (Å²) in [5.41, 5.74) is 3.51. The summed E-state index contributed by atoms with van der Waals surface area (Å²) in [4.78, 5) is 2.02. The van der Waals surface area contributed by atoms with E-state index >= 15 is 0 Å². The molecule has 110 valence electrons. The quantitative estimate of drug-likeness (QED) is 0.678. The maximum Gasteiger partial charge on any atom is 0.0766 e. The molecule has 0 unspecified atom stereocenters. The van der Waals surface area contributed by atoms with Crippen LogP contribution < -0.4 is 4.90 Å². The highest BCUT2D eigenvalue weighted by Gasteiger charge is 2.19. The summed E-state index contributed by atoms with van der Waals surface area (Å²) in [5.74, 6) is 0. The number of halogens is 1. The molecular weight excluding hydrogens is 324 g/mol. The molecule has 0 amide bonds. The molecule has 0 fully saturated rings. The Morgan fingerprint density at radius 2 is 1.81 bits per heavy atom. The zero-order valence-electron chi connectivity index (χ0n) is 13.1. The topological polar surface area (TPSA) is 27.0 Å². The molecule has 0 aliphatic carbocycles. The molecule has 0 radical (unpaired) electrons. The van der Waals surface area contributed by atoms with Crippen LogP contribution in [0.4, 0.5) is 5.69 Å². The van der Waals surface area contributed by atoms with Crippen molar-refractivity contribution in [3.63, 3.8) is 0 Å². The first-order valence-corrected chi connectivity index (χ1v) is 7.46. The van der Waals surface area contributed by atoms with Crippen molar-refractivity contribution in [2.75, 3.05) is 11.9 Å². The van der Waals surface area contributed by atoms with Crippen molar-refractivity contribution in [3.8, 4) is 6.07 Å². The number of benzene rings is 1. The molecule has 0 atom stereocenters. The maximum absolute atomic E-state index is 9.18. The summed E-state index contributed by atoms with van der Waals surface area (Å²) in [6.45, 7) is 13.8. The lowest BCUT2D eigenvalue weighted by atomic mass is 9.86. The molecule has 1 aromatic rings. The fraction of sp³-hybridized carbons (Fsp3) is 0.278. The number of hydrogen-bond acceptors (Lipinski definition) is 2. The molecule has 0 bridgehead atoms. The van der Waals surface area contributed by atoms with E-state index in [0.717, 1.165) is 27.0 Å². The van der Waals surface area contributed by atoms with E-state index in [0.29, 0.717) is 0 Å². The predicted molar refractivity (Wildman–Crippen MR) is 94.4 cm³/mol. The van der Waals surface area contributed by atoms with E-state index < -0.39 is 5.41 Å². The Bertz CT molecular complexity index is 616. The van der Waals surface area contributed by atoms with Gasteiger partial charge >= 0.3 is 0 Å². The van der Waals surface area contributed by atoms with Gasteiger partial charge in [-0.2, -0.15) is 5.26 Å². The molecule has 0 heterocycles. The fourth-order valence-corrected chi connectivity index (χ4v) is 2.25. The third kappa shape index (κ3) is 4.34. The molecule has 0 N–H and O–H groups in total. The first kappa shape index (κ1) is 17.3. The van der Waals surface area contributed by atoms with Crippen LogP contribution in [0.3, 0.4) is 0 Å². The Morgan fingerprint density at radius 3 is 2.24 bits per heavy atom. The van der Waals surface area contributed by atoms with Gasteiger partial charge in [-0.1, -0.05) is 41.2 Å². The van der Waals surface area contributed by atoms with Gasteiger partial charge < -0.3 is 4.90 Å². The third-order valence-corrected chi connectivity index (χ3v) is 3.72. The highest BCUT2D eigenvalue weighted by molar-refractivity contribution is 9.11. The van der Waals surface area contributed by atoms with Crippen molar-refractivity contribution in [2.24, 2.45) is 0 Å². The number of rotatable bonds is 5. The minimum Gasteiger partial charge on any atom is -0.345 e. The van der Waals surface area contributed by atoms with Crippen molar-refractivity contribution in [2.45, 2.75) is 26.2 Å². The van der Waals surface area contributed by atoms with E-state index in [1.54, 1.807) is 0 Å². The maximum atomic E-state index is 9.18. The Labute approximate surface area is 136 Å². The molecule has 3 heteroatoms. The SMILES string of the molecule is C=C(Br)C=C(C)C(=C)N(C)c1ccc(C(C)(C)C#N)cc1. The predicted octanol–water partition coefficient (Wildman–Crippen LogP) is 5.29. The first-order valence-electron chi connectivity index (χ1n) is 6.66. The Hall–Kier alpha value is -1.79. The van der Waals surface area contributed by atoms with Crippen LogP contribution >= 0.6 is 15.9 Å². The average molecular weight is 345 g/mol. The Morgan fingerprint density at radius 1 is 1.29 bits per heavy atom. The lowest BCUT2D eigenvalue weighted by molar-refractivity contribution is 0.687. The van der Waals surface area contributed by atoms with Crippen molar-refractivity contribution < 1.29 is 0 Å². The standard InChI is InChI=1S/C18H21BrN2/c1-13(11-14(2)19)15(3)21(6)17-9-7-16(8-10-17)18(4,5)12-20/h7-11H,2-3H2,1,4-6H3. The lowest BCUT2D eigenvalue weighted by Gasteiger charge is -2.24. The molecule has 1 aromatic carbocycles. The number of allylic oxidation sites excluding steroid dienone is 3. The normalized spacial score (nSPS) is 11.7. The van der Waals surface area contributed by atoms with Gasteiger partial charge in [-0.3, -0.25) is 0 Å². The number of anilines is 1. The van der Waals surface area contributed by atoms with E-state index in [9.17, 15) is 5.26 Å². The molecule has 0 spiro atoms. The van der Waals surface area contributed by atoms with Crippen LogP contribution in [0, 0.1) is 11.3 Å². The van der Waals surface area contributed by atoms with Crippen LogP contribution in [-0.4, -0.2) is 7.05 Å². The zero-order chi connectivity index (χ0) is 16.2. The zero-order valence-corrected chi connectivity index (χ0v) is 14.7. The van der Waals surface area contributed by atoms with Gasteiger partial charge in [-0.15, -0.1) is 0 Å². The van der Waals surface area contributed by atoms with Crippen LogP contribution in [-0.2, 0) is 5.41 Å². The van der Waals surface area contributed by atoms with Crippen LogP contribution in [0.2, 0.25) is 0 Å². The van der Waals surface area contributed by atoms with E-state index in [2.05, 4.69) is 35.2 Å². The second-order valence-corrected chi connectivity index (χ2v) is 6.58. The van der Waals surface area contributed by atoms with Crippen LogP contribution in [0.15, 0.2) is 59.3 Å². The van der Waals surface area contributed by atoms with Crippen LogP contribution in [0.5, 0.6) is 0 Å². The first-order chi connectivity index (χ1) is 9.69. The molecule has 0 saturated carbocycles. The monoisotopic (exact) mass is 344 g/mol. The lowest BCUT2D eigenvalue weighted by Crippen LogP contribution is -2.17. The third-order valence-electron chi connectivity index (χ3n) is 3.49. The summed E-state index contributed by atoms with van der Waals surface area (Å²) in [6.07, 6.45) is 1.94. The van der Waals surface area contributed by atoms with E-state index in [-0.39, 0.29) is 0 Å². The van der Waals surface area contributed by atoms with Crippen molar-refractivity contribution in [3.05, 3.63) is 64.8 Å². The number of hydrogen-bond donors (Lipinski definition) is 0. The minimum atomic E-state index is -0.475. The smallest absolute Gasteiger partial charge is 0.0766 e. The largest absolute Gasteiger partial charge is 0.345 e. The van der Waals surface area contributed by atoms with Gasteiger partial charge in [0.15, 0.2) is 0 Å². The summed E-state index contributed by atoms with van der Waals surface area (Å²) < 4.78 is 0.820. The number of nitrogens with zero attached hydrogens (tertiary/aromatic N) is 2. The highest BCUT2D eigenvalue weighted by atomic mass is 79.9. The van der Waals surface area contributed by atoms with Gasteiger partial charge in [0.25, 0.3) is 0 Å². The van der Waals surface area contributed by atoms with Gasteiger partial charge in [-0.05, 0) is 50.1 Å². The molecule has 0 aliphatic rings. The summed E-state index contributed by atoms with van der Waals surface area (Å²) >= 11 is 3.33. The molecule has 0 aromatic heterocycles. The molecule has 1 rings (SSSR count). The van der Waals surface area contributed by atoms with E-state index in [1.165, 1.54) is 0 Å². The highest BCUT2D eigenvalue weighted by Crippen LogP contribution is 2.27. The van der Waals surface area contributed by atoms with Crippen molar-refractivity contribution >= 4 is 21.6 Å². The Kier molecular flexibility index (Phi) is 5.57. The van der Waals surface area contributed by atoms with E-state index in [1.807, 2.05) is 63.1 Å². The molecular formula is C18H21BrN2. The van der Waals surface area contributed by atoms with Gasteiger partial charge in [-0.25, -0.2) is 0 Å². The minimum absolute atomic E-state index is 0.475. The van der Waals surface area contributed by atoms with Gasteiger partial charge in [0, 0.05) is 22.9 Å². The number of nitriles is 1. The fourth-order valence-electron chi connectivity index (χ4n) is 1.90. The summed E-state index contributed by atoms with van der Waals surface area (Å²) in [6, 6.07) is 10.3. The Balaban J connectivity index is 3.00. The second kappa shape index (κ2) is 6.78. The molecule has 21 heavy (non-hydrogen) atoms. The van der Waals surface area contributed by atoms with Crippen LogP contribution in [0.25, 0.3) is 0 Å². The molecule has 0 aliphatic heterocycles. The average Bonchev–Trinajstić information content (AvgIpc) is 2.45. The van der Waals surface area contributed by atoms with Gasteiger partial charge in [0.05, 0.1) is 11.5 Å². The van der Waals surface area contributed by atoms with Gasteiger partial charge in [0.1, 0.15) is 0 Å². The summed E-state index contributed by atoms with van der Waals surface area (Å²) in [7, 11) is 1.97. The van der Waals surface area contributed by atoms with Crippen LogP contribution in [0.1, 0.15) is 26.3 Å². The summed E-state index contributed by atoms with van der Waals surface area (Å²) in [5, 5.41) is 9.18.